The fourth-order valence-electron chi connectivity index (χ4n) is 4.03. The van der Waals surface area contributed by atoms with Gasteiger partial charge in [-0.15, -0.1) is 11.8 Å². The summed E-state index contributed by atoms with van der Waals surface area (Å²) in [5.74, 6) is -2.27. The summed E-state index contributed by atoms with van der Waals surface area (Å²) in [6.45, 7) is 10.1. The SMILES string of the molecule is C=C(Nc1ccc(C(C(F)(F)F)C(F)(F)F)cc1)C1c2ccc(SCC(C)C)cc2CN1C(C)=O. The largest absolute Gasteiger partial charge is 0.404 e. The van der Waals surface area contributed by atoms with E-state index in [0.29, 0.717) is 18.2 Å². The van der Waals surface area contributed by atoms with Crippen molar-refractivity contribution in [3.63, 3.8) is 0 Å². The summed E-state index contributed by atoms with van der Waals surface area (Å²) in [6.07, 6.45) is -10.9. The molecule has 1 aliphatic rings. The van der Waals surface area contributed by atoms with Crippen molar-refractivity contribution in [1.29, 1.82) is 0 Å². The normalized spacial score (nSPS) is 16.1. The zero-order valence-corrected chi connectivity index (χ0v) is 20.2. The lowest BCUT2D eigenvalue weighted by atomic mass is 9.97. The highest BCUT2D eigenvalue weighted by atomic mass is 32.2. The first-order valence-electron chi connectivity index (χ1n) is 10.9. The van der Waals surface area contributed by atoms with Crippen molar-refractivity contribution in [2.45, 2.75) is 56.5 Å². The van der Waals surface area contributed by atoms with E-state index in [1.807, 2.05) is 18.2 Å². The Morgan fingerprint density at radius 2 is 1.69 bits per heavy atom. The second-order valence-corrected chi connectivity index (χ2v) is 10.00. The Balaban J connectivity index is 1.82. The molecule has 1 aliphatic heterocycles. The van der Waals surface area contributed by atoms with Gasteiger partial charge < -0.3 is 10.2 Å². The number of amides is 1. The minimum absolute atomic E-state index is 0.181. The van der Waals surface area contributed by atoms with Gasteiger partial charge in [0, 0.05) is 35.5 Å². The topological polar surface area (TPSA) is 32.3 Å². The first-order chi connectivity index (χ1) is 16.2. The summed E-state index contributed by atoms with van der Waals surface area (Å²) >= 11 is 1.72. The molecule has 0 bridgehead atoms. The van der Waals surface area contributed by atoms with Crippen molar-refractivity contribution in [3.8, 4) is 0 Å². The standard InChI is InChI=1S/C25H26F6N2OS/c1-14(2)13-35-20-9-10-21-18(11-20)12-33(16(4)34)22(21)15(3)32-19-7-5-17(6-8-19)23(24(26,27)28)25(29,30)31/h5-11,14,22-23,32H,3,12-13H2,1-2,4H3. The Labute approximate surface area is 204 Å². The van der Waals surface area contributed by atoms with Gasteiger partial charge in [0.15, 0.2) is 5.92 Å². The van der Waals surface area contributed by atoms with Crippen LogP contribution in [0.3, 0.4) is 0 Å². The van der Waals surface area contributed by atoms with Crippen molar-refractivity contribution >= 4 is 23.4 Å². The van der Waals surface area contributed by atoms with Gasteiger partial charge in [0.05, 0.1) is 6.04 Å². The third-order valence-corrected chi connectivity index (χ3v) is 7.00. The summed E-state index contributed by atoms with van der Waals surface area (Å²) in [5.41, 5.74) is 1.59. The molecule has 1 heterocycles. The summed E-state index contributed by atoms with van der Waals surface area (Å²) in [4.78, 5) is 15.0. The number of carbonyl (C=O) groups is 1. The van der Waals surface area contributed by atoms with E-state index in [1.54, 1.807) is 16.7 Å². The summed E-state index contributed by atoms with van der Waals surface area (Å²) in [6, 6.07) is 9.29. The molecule has 1 unspecified atom stereocenters. The highest BCUT2D eigenvalue weighted by molar-refractivity contribution is 7.99. The van der Waals surface area contributed by atoms with E-state index in [4.69, 9.17) is 0 Å². The van der Waals surface area contributed by atoms with Crippen LogP contribution in [0.15, 0.2) is 59.6 Å². The molecule has 35 heavy (non-hydrogen) atoms. The van der Waals surface area contributed by atoms with Crippen molar-refractivity contribution < 1.29 is 31.1 Å². The molecular formula is C25H26F6N2OS. The van der Waals surface area contributed by atoms with Crippen LogP contribution in [0.5, 0.6) is 0 Å². The number of anilines is 1. The first-order valence-corrected chi connectivity index (χ1v) is 11.9. The van der Waals surface area contributed by atoms with E-state index in [2.05, 4.69) is 25.7 Å². The smallest absolute Gasteiger partial charge is 0.357 e. The first kappa shape index (κ1) is 27.0. The number of nitrogens with one attached hydrogen (secondary N) is 1. The third kappa shape index (κ3) is 6.34. The van der Waals surface area contributed by atoms with Gasteiger partial charge in [0.1, 0.15) is 0 Å². The van der Waals surface area contributed by atoms with E-state index < -0.39 is 29.9 Å². The van der Waals surface area contributed by atoms with E-state index >= 15 is 0 Å². The fourth-order valence-corrected chi connectivity index (χ4v) is 4.94. The van der Waals surface area contributed by atoms with Gasteiger partial charge in [-0.2, -0.15) is 26.3 Å². The van der Waals surface area contributed by atoms with Gasteiger partial charge >= 0.3 is 12.4 Å². The Morgan fingerprint density at radius 3 is 2.20 bits per heavy atom. The zero-order chi connectivity index (χ0) is 26.1. The van der Waals surface area contributed by atoms with Crippen LogP contribution in [0.4, 0.5) is 32.0 Å². The number of thioether (sulfide) groups is 1. The molecule has 0 saturated carbocycles. The number of halogens is 6. The van der Waals surface area contributed by atoms with Crippen LogP contribution < -0.4 is 5.32 Å². The van der Waals surface area contributed by atoms with Crippen LogP contribution in [-0.4, -0.2) is 28.9 Å². The van der Waals surface area contributed by atoms with Gasteiger partial charge in [-0.25, -0.2) is 0 Å². The maximum atomic E-state index is 13.0. The molecule has 3 nitrogen and oxygen atoms in total. The van der Waals surface area contributed by atoms with Crippen molar-refractivity contribution in [2.75, 3.05) is 11.1 Å². The number of hydrogen-bond acceptors (Lipinski definition) is 3. The second-order valence-electron chi connectivity index (χ2n) is 8.90. The van der Waals surface area contributed by atoms with Crippen molar-refractivity contribution in [1.82, 2.24) is 4.90 Å². The zero-order valence-electron chi connectivity index (χ0n) is 19.4. The molecule has 10 heteroatoms. The second kappa shape index (κ2) is 10.2. The molecule has 0 fully saturated rings. The van der Waals surface area contributed by atoms with Crippen LogP contribution in [0.2, 0.25) is 0 Å². The molecule has 1 amide bonds. The van der Waals surface area contributed by atoms with E-state index in [9.17, 15) is 31.1 Å². The summed E-state index contributed by atoms with van der Waals surface area (Å²) in [5, 5.41) is 2.95. The molecule has 0 aliphatic carbocycles. The number of nitrogens with zero attached hydrogens (tertiary/aromatic N) is 1. The van der Waals surface area contributed by atoms with Crippen molar-refractivity contribution in [3.05, 3.63) is 71.4 Å². The maximum Gasteiger partial charge on any atom is 0.404 e. The van der Waals surface area contributed by atoms with Gasteiger partial charge in [-0.3, -0.25) is 4.79 Å². The monoisotopic (exact) mass is 516 g/mol. The molecule has 1 atom stereocenters. The molecule has 2 aromatic rings. The Kier molecular flexibility index (Phi) is 7.83. The highest BCUT2D eigenvalue weighted by Gasteiger charge is 2.57. The summed E-state index contributed by atoms with van der Waals surface area (Å²) < 4.78 is 78.0. The quantitative estimate of drug-likeness (QED) is 0.303. The molecule has 0 radical (unpaired) electrons. The van der Waals surface area contributed by atoms with Crippen LogP contribution in [0.1, 0.15) is 49.4 Å². The molecule has 0 saturated heterocycles. The predicted molar refractivity (Wildman–Crippen MR) is 125 cm³/mol. The number of fused-ring (bicyclic) bond motifs is 1. The minimum Gasteiger partial charge on any atom is -0.357 e. The van der Waals surface area contributed by atoms with Gasteiger partial charge in [0.25, 0.3) is 0 Å². The summed E-state index contributed by atoms with van der Waals surface area (Å²) in [7, 11) is 0. The number of rotatable bonds is 7. The average Bonchev–Trinajstić information content (AvgIpc) is 3.11. The Hall–Kier alpha value is -2.62. The van der Waals surface area contributed by atoms with Gasteiger partial charge in [0.2, 0.25) is 5.91 Å². The molecule has 0 aromatic heterocycles. The molecule has 190 valence electrons. The van der Waals surface area contributed by atoms with Crippen LogP contribution >= 0.6 is 11.8 Å². The predicted octanol–water partition coefficient (Wildman–Crippen LogP) is 7.67. The number of benzene rings is 2. The molecule has 0 spiro atoms. The van der Waals surface area contributed by atoms with Crippen molar-refractivity contribution in [2.24, 2.45) is 5.92 Å². The van der Waals surface area contributed by atoms with Crippen LogP contribution in [0, 0.1) is 5.92 Å². The molecule has 3 rings (SSSR count). The van der Waals surface area contributed by atoms with Crippen LogP contribution in [0.25, 0.3) is 0 Å². The molecule has 1 N–H and O–H groups in total. The number of carbonyl (C=O) groups excluding carboxylic acids is 1. The van der Waals surface area contributed by atoms with Gasteiger partial charge in [-0.05, 0) is 46.9 Å². The lowest BCUT2D eigenvalue weighted by Crippen LogP contribution is -2.34. The third-order valence-electron chi connectivity index (χ3n) is 5.58. The Morgan fingerprint density at radius 1 is 1.09 bits per heavy atom. The average molecular weight is 517 g/mol. The lowest BCUT2D eigenvalue weighted by molar-refractivity contribution is -0.253. The molecule has 2 aromatic carbocycles. The van der Waals surface area contributed by atoms with E-state index in [0.717, 1.165) is 46.0 Å². The minimum atomic E-state index is -5.46. The van der Waals surface area contributed by atoms with Crippen LogP contribution in [-0.2, 0) is 11.3 Å². The number of alkyl halides is 6. The fraction of sp³-hybridized carbons (Fsp3) is 0.400. The maximum absolute atomic E-state index is 13.0. The number of hydrogen-bond donors (Lipinski definition) is 1. The lowest BCUT2D eigenvalue weighted by Gasteiger charge is -2.27. The highest BCUT2D eigenvalue weighted by Crippen LogP contribution is 2.46. The Bertz CT molecular complexity index is 1060. The van der Waals surface area contributed by atoms with Gasteiger partial charge in [-0.1, -0.05) is 38.6 Å². The molecular weight excluding hydrogens is 490 g/mol. The van der Waals surface area contributed by atoms with E-state index in [1.165, 1.54) is 6.92 Å². The van der Waals surface area contributed by atoms with E-state index in [-0.39, 0.29) is 11.6 Å².